The van der Waals surface area contributed by atoms with Gasteiger partial charge in [-0.15, -0.1) is 0 Å². The predicted octanol–water partition coefficient (Wildman–Crippen LogP) is 3.25. The Morgan fingerprint density at radius 1 is 1.04 bits per heavy atom. The van der Waals surface area contributed by atoms with Crippen molar-refractivity contribution in [1.82, 2.24) is 10.6 Å². The van der Waals surface area contributed by atoms with Crippen molar-refractivity contribution in [1.29, 1.82) is 0 Å². The second-order valence-corrected chi connectivity index (χ2v) is 8.13. The summed E-state index contributed by atoms with van der Waals surface area (Å²) in [7, 11) is 1.91. The third-order valence-electron chi connectivity index (χ3n) is 3.92. The van der Waals surface area contributed by atoms with E-state index in [1.54, 1.807) is 12.1 Å². The Morgan fingerprint density at radius 3 is 2.24 bits per heavy atom. The van der Waals surface area contributed by atoms with Gasteiger partial charge in [-0.2, -0.15) is 0 Å². The van der Waals surface area contributed by atoms with E-state index < -0.39 is 0 Å². The van der Waals surface area contributed by atoms with E-state index in [9.17, 15) is 4.79 Å². The molecule has 5 nitrogen and oxygen atoms in total. The molecule has 0 aliphatic heterocycles. The molecule has 0 aromatic heterocycles. The minimum Gasteiger partial charge on any atom is -0.492 e. The van der Waals surface area contributed by atoms with Crippen LogP contribution in [0.5, 0.6) is 5.75 Å². The molecule has 0 fully saturated rings. The third kappa shape index (κ3) is 9.46. The van der Waals surface area contributed by atoms with Crippen LogP contribution in [0.15, 0.2) is 24.3 Å². The predicted molar refractivity (Wildman–Crippen MR) is 102 cm³/mol. The summed E-state index contributed by atoms with van der Waals surface area (Å²) in [5, 5.41) is 6.05. The maximum atomic E-state index is 12.1. The van der Waals surface area contributed by atoms with Crippen molar-refractivity contribution in [3.63, 3.8) is 0 Å². The number of ether oxygens (including phenoxy) is 2. The SMILES string of the molecule is CNC(C)(C)COc1ccc(C(=O)NCCOCCC(C)(C)C)cc1. The van der Waals surface area contributed by atoms with Crippen LogP contribution < -0.4 is 15.4 Å². The molecular formula is C20H34N2O3. The Labute approximate surface area is 152 Å². The van der Waals surface area contributed by atoms with Crippen LogP contribution in [0.1, 0.15) is 51.4 Å². The summed E-state index contributed by atoms with van der Waals surface area (Å²) in [5.41, 5.74) is 0.799. The van der Waals surface area contributed by atoms with Gasteiger partial charge in [-0.1, -0.05) is 20.8 Å². The van der Waals surface area contributed by atoms with E-state index in [2.05, 4.69) is 45.3 Å². The van der Waals surface area contributed by atoms with Crippen LogP contribution in [-0.2, 0) is 4.74 Å². The highest BCUT2D eigenvalue weighted by atomic mass is 16.5. The zero-order valence-electron chi connectivity index (χ0n) is 16.6. The number of carbonyl (C=O) groups excluding carboxylic acids is 1. The quantitative estimate of drug-likeness (QED) is 0.636. The van der Waals surface area contributed by atoms with E-state index in [4.69, 9.17) is 9.47 Å². The minimum atomic E-state index is -0.0958. The Kier molecular flexibility index (Phi) is 8.39. The monoisotopic (exact) mass is 350 g/mol. The summed E-state index contributed by atoms with van der Waals surface area (Å²) in [6.45, 7) is 13.0. The standard InChI is InChI=1S/C20H34N2O3/c1-19(2,3)11-13-24-14-12-22-18(23)16-7-9-17(10-8-16)25-15-20(4,5)21-6/h7-10,21H,11-15H2,1-6H3,(H,22,23). The van der Waals surface area contributed by atoms with Crippen molar-refractivity contribution in [2.24, 2.45) is 5.41 Å². The lowest BCUT2D eigenvalue weighted by Crippen LogP contribution is -2.42. The lowest BCUT2D eigenvalue weighted by atomic mass is 9.93. The molecule has 1 amide bonds. The molecule has 0 bridgehead atoms. The molecule has 0 heterocycles. The largest absolute Gasteiger partial charge is 0.492 e. The molecule has 0 radical (unpaired) electrons. The van der Waals surface area contributed by atoms with Gasteiger partial charge in [-0.3, -0.25) is 4.79 Å². The van der Waals surface area contributed by atoms with E-state index in [0.717, 1.165) is 12.2 Å². The first kappa shape index (κ1) is 21.5. The van der Waals surface area contributed by atoms with E-state index in [1.807, 2.05) is 19.2 Å². The van der Waals surface area contributed by atoms with Crippen molar-refractivity contribution in [3.8, 4) is 5.75 Å². The molecule has 1 aromatic rings. The molecule has 0 aliphatic carbocycles. The number of rotatable bonds is 10. The van der Waals surface area contributed by atoms with E-state index >= 15 is 0 Å². The maximum Gasteiger partial charge on any atom is 0.251 e. The van der Waals surface area contributed by atoms with E-state index in [-0.39, 0.29) is 16.9 Å². The van der Waals surface area contributed by atoms with Gasteiger partial charge >= 0.3 is 0 Å². The van der Waals surface area contributed by atoms with E-state index in [0.29, 0.717) is 31.9 Å². The Morgan fingerprint density at radius 2 is 1.68 bits per heavy atom. The molecule has 0 aliphatic rings. The summed E-state index contributed by atoms with van der Waals surface area (Å²) in [6, 6.07) is 7.19. The number of hydrogen-bond acceptors (Lipinski definition) is 4. The molecule has 25 heavy (non-hydrogen) atoms. The normalized spacial score (nSPS) is 12.1. The third-order valence-corrected chi connectivity index (χ3v) is 3.92. The molecule has 1 aromatic carbocycles. The van der Waals surface area contributed by atoms with Gasteiger partial charge in [0.1, 0.15) is 12.4 Å². The van der Waals surface area contributed by atoms with Crippen LogP contribution in [0.25, 0.3) is 0 Å². The zero-order valence-corrected chi connectivity index (χ0v) is 16.6. The summed E-state index contributed by atoms with van der Waals surface area (Å²) in [6.07, 6.45) is 1.01. The van der Waals surface area contributed by atoms with Gasteiger partial charge in [0.05, 0.1) is 6.61 Å². The summed E-state index contributed by atoms with van der Waals surface area (Å²) >= 11 is 0. The van der Waals surface area contributed by atoms with Crippen molar-refractivity contribution >= 4 is 5.91 Å². The van der Waals surface area contributed by atoms with Gasteiger partial charge in [0, 0.05) is 24.3 Å². The van der Waals surface area contributed by atoms with Crippen LogP contribution in [0.3, 0.4) is 0 Å². The Balaban J connectivity index is 2.30. The zero-order chi connectivity index (χ0) is 18.9. The molecule has 0 unspecified atom stereocenters. The average molecular weight is 351 g/mol. The summed E-state index contributed by atoms with van der Waals surface area (Å²) in [5.74, 6) is 0.659. The average Bonchev–Trinajstić information content (AvgIpc) is 2.55. The first-order chi connectivity index (χ1) is 11.6. The fourth-order valence-electron chi connectivity index (χ4n) is 1.86. The van der Waals surface area contributed by atoms with E-state index in [1.165, 1.54) is 0 Å². The van der Waals surface area contributed by atoms with Crippen molar-refractivity contribution in [2.75, 3.05) is 33.4 Å². The highest BCUT2D eigenvalue weighted by Crippen LogP contribution is 2.17. The second kappa shape index (κ2) is 9.78. The fraction of sp³-hybridized carbons (Fsp3) is 0.650. The molecule has 2 N–H and O–H groups in total. The number of amides is 1. The fourth-order valence-corrected chi connectivity index (χ4v) is 1.86. The van der Waals surface area contributed by atoms with Crippen molar-refractivity contribution in [2.45, 2.75) is 46.6 Å². The highest BCUT2D eigenvalue weighted by molar-refractivity contribution is 5.94. The topological polar surface area (TPSA) is 59.6 Å². The van der Waals surface area contributed by atoms with Crippen LogP contribution in [0, 0.1) is 5.41 Å². The van der Waals surface area contributed by atoms with Gasteiger partial charge in [-0.25, -0.2) is 0 Å². The molecule has 0 spiro atoms. The molecule has 142 valence electrons. The lowest BCUT2D eigenvalue weighted by molar-refractivity contribution is 0.0883. The number of nitrogens with one attached hydrogen (secondary N) is 2. The number of benzene rings is 1. The molecule has 0 saturated heterocycles. The minimum absolute atomic E-state index is 0.0942. The van der Waals surface area contributed by atoms with Gasteiger partial charge in [0.2, 0.25) is 0 Å². The van der Waals surface area contributed by atoms with Gasteiger partial charge in [-0.05, 0) is 57.0 Å². The highest BCUT2D eigenvalue weighted by Gasteiger charge is 2.15. The van der Waals surface area contributed by atoms with Crippen LogP contribution in [-0.4, -0.2) is 44.9 Å². The number of likely N-dealkylation sites (N-methyl/N-ethyl adjacent to an activating group) is 1. The number of hydrogen-bond donors (Lipinski definition) is 2. The van der Waals surface area contributed by atoms with Crippen molar-refractivity contribution in [3.05, 3.63) is 29.8 Å². The molecule has 1 rings (SSSR count). The van der Waals surface area contributed by atoms with Crippen LogP contribution >= 0.6 is 0 Å². The maximum absolute atomic E-state index is 12.1. The summed E-state index contributed by atoms with van der Waals surface area (Å²) < 4.78 is 11.3. The van der Waals surface area contributed by atoms with Gasteiger partial charge < -0.3 is 20.1 Å². The van der Waals surface area contributed by atoms with Crippen LogP contribution in [0.2, 0.25) is 0 Å². The Hall–Kier alpha value is -1.59. The smallest absolute Gasteiger partial charge is 0.251 e. The first-order valence-electron chi connectivity index (χ1n) is 8.91. The number of carbonyl (C=O) groups is 1. The molecule has 0 saturated carbocycles. The molecule has 0 atom stereocenters. The van der Waals surface area contributed by atoms with Crippen LogP contribution in [0.4, 0.5) is 0 Å². The Bertz CT molecular complexity index is 519. The second-order valence-electron chi connectivity index (χ2n) is 8.13. The summed E-state index contributed by atoms with van der Waals surface area (Å²) in [4.78, 5) is 12.1. The molecule has 5 heteroatoms. The van der Waals surface area contributed by atoms with Gasteiger partial charge in [0.15, 0.2) is 0 Å². The van der Waals surface area contributed by atoms with Gasteiger partial charge in [0.25, 0.3) is 5.91 Å². The first-order valence-corrected chi connectivity index (χ1v) is 8.91. The van der Waals surface area contributed by atoms with Crippen molar-refractivity contribution < 1.29 is 14.3 Å². The lowest BCUT2D eigenvalue weighted by Gasteiger charge is -2.24. The molecular weight excluding hydrogens is 316 g/mol.